The fourth-order valence-corrected chi connectivity index (χ4v) is 2.62. The van der Waals surface area contributed by atoms with E-state index in [-0.39, 0.29) is 11.8 Å². The van der Waals surface area contributed by atoms with E-state index in [2.05, 4.69) is 11.8 Å². The molecule has 2 fully saturated rings. The maximum Gasteiger partial charge on any atom is 0.221 e. The Morgan fingerprint density at radius 2 is 2.15 bits per heavy atom. The van der Waals surface area contributed by atoms with Gasteiger partial charge in [-0.3, -0.25) is 4.79 Å². The fraction of sp³-hybridized carbons (Fsp3) is 0.900. The molecule has 2 N–H and O–H groups in total. The van der Waals surface area contributed by atoms with Gasteiger partial charge >= 0.3 is 0 Å². The molecule has 0 aromatic heterocycles. The van der Waals surface area contributed by atoms with Gasteiger partial charge in [0.1, 0.15) is 0 Å². The van der Waals surface area contributed by atoms with Gasteiger partial charge in [0.05, 0.1) is 0 Å². The van der Waals surface area contributed by atoms with Gasteiger partial charge in [-0.05, 0) is 44.3 Å². The number of primary amides is 1. The molecular formula is C10H18N2O. The molecule has 1 atom stereocenters. The first-order valence-electron chi connectivity index (χ1n) is 5.19. The second-order valence-corrected chi connectivity index (χ2v) is 4.46. The van der Waals surface area contributed by atoms with E-state index in [9.17, 15) is 4.79 Å². The summed E-state index contributed by atoms with van der Waals surface area (Å²) in [6.07, 6.45) is 3.41. The Morgan fingerprint density at radius 3 is 2.54 bits per heavy atom. The monoisotopic (exact) mass is 182 g/mol. The highest BCUT2D eigenvalue weighted by atomic mass is 16.1. The molecular weight excluding hydrogens is 164 g/mol. The van der Waals surface area contributed by atoms with E-state index < -0.39 is 0 Å². The second kappa shape index (κ2) is 2.98. The standard InChI is InChI=1S/C10H18N2O/c1-2-12-5-3-10(4-6-12)7-8(10)9(11)13/h8H,2-7H2,1H3,(H2,11,13). The zero-order valence-corrected chi connectivity index (χ0v) is 8.25. The van der Waals surface area contributed by atoms with Crippen molar-refractivity contribution < 1.29 is 4.79 Å². The summed E-state index contributed by atoms with van der Waals surface area (Å²) < 4.78 is 0. The van der Waals surface area contributed by atoms with Crippen molar-refractivity contribution in [2.24, 2.45) is 17.1 Å². The predicted molar refractivity (Wildman–Crippen MR) is 51.1 cm³/mol. The summed E-state index contributed by atoms with van der Waals surface area (Å²) in [5.74, 6) is 0.122. The van der Waals surface area contributed by atoms with Crippen molar-refractivity contribution >= 4 is 5.91 Å². The van der Waals surface area contributed by atoms with Crippen molar-refractivity contribution in [3.05, 3.63) is 0 Å². The number of amides is 1. The molecule has 1 aliphatic carbocycles. The first kappa shape index (κ1) is 9.00. The Bertz CT molecular complexity index is 219. The van der Waals surface area contributed by atoms with E-state index in [0.29, 0.717) is 5.41 Å². The first-order chi connectivity index (χ1) is 6.18. The molecule has 74 valence electrons. The zero-order valence-electron chi connectivity index (χ0n) is 8.25. The van der Waals surface area contributed by atoms with Crippen LogP contribution in [0.25, 0.3) is 0 Å². The number of carbonyl (C=O) groups is 1. The third-order valence-electron chi connectivity index (χ3n) is 3.83. The van der Waals surface area contributed by atoms with Crippen LogP contribution in [0, 0.1) is 11.3 Å². The number of hydrogen-bond donors (Lipinski definition) is 1. The fourth-order valence-electron chi connectivity index (χ4n) is 2.62. The number of piperidine rings is 1. The normalized spacial score (nSPS) is 31.9. The molecule has 2 aliphatic rings. The second-order valence-electron chi connectivity index (χ2n) is 4.46. The Hall–Kier alpha value is -0.570. The summed E-state index contributed by atoms with van der Waals surface area (Å²) >= 11 is 0. The molecule has 1 unspecified atom stereocenters. The van der Waals surface area contributed by atoms with Crippen LogP contribution in [0.1, 0.15) is 26.2 Å². The first-order valence-corrected chi connectivity index (χ1v) is 5.19. The molecule has 0 radical (unpaired) electrons. The van der Waals surface area contributed by atoms with Crippen molar-refractivity contribution in [2.45, 2.75) is 26.2 Å². The quantitative estimate of drug-likeness (QED) is 0.679. The highest BCUT2D eigenvalue weighted by Crippen LogP contribution is 2.59. The molecule has 0 aromatic carbocycles. The van der Waals surface area contributed by atoms with Crippen molar-refractivity contribution in [3.63, 3.8) is 0 Å². The van der Waals surface area contributed by atoms with Gasteiger partial charge in [0.2, 0.25) is 5.91 Å². The molecule has 3 nitrogen and oxygen atoms in total. The van der Waals surface area contributed by atoms with Crippen LogP contribution in [0.5, 0.6) is 0 Å². The van der Waals surface area contributed by atoms with Gasteiger partial charge in [0.15, 0.2) is 0 Å². The molecule has 1 amide bonds. The Balaban J connectivity index is 1.89. The summed E-state index contributed by atoms with van der Waals surface area (Å²) in [5, 5.41) is 0. The van der Waals surface area contributed by atoms with Gasteiger partial charge in [0, 0.05) is 5.92 Å². The van der Waals surface area contributed by atoms with E-state index in [0.717, 1.165) is 26.1 Å². The van der Waals surface area contributed by atoms with Crippen LogP contribution in [-0.2, 0) is 4.79 Å². The lowest BCUT2D eigenvalue weighted by molar-refractivity contribution is -0.120. The van der Waals surface area contributed by atoms with E-state index in [1.165, 1.54) is 12.8 Å². The predicted octanol–water partition coefficient (Wildman–Crippen LogP) is 0.594. The van der Waals surface area contributed by atoms with Crippen LogP contribution in [0.3, 0.4) is 0 Å². The summed E-state index contributed by atoms with van der Waals surface area (Å²) in [5.41, 5.74) is 5.65. The number of rotatable bonds is 2. The molecule has 3 heteroatoms. The number of carbonyl (C=O) groups excluding carboxylic acids is 1. The highest BCUT2D eigenvalue weighted by Gasteiger charge is 2.57. The van der Waals surface area contributed by atoms with Crippen LogP contribution < -0.4 is 5.73 Å². The molecule has 0 bridgehead atoms. The van der Waals surface area contributed by atoms with Gasteiger partial charge in [-0.2, -0.15) is 0 Å². The summed E-state index contributed by atoms with van der Waals surface area (Å²) in [7, 11) is 0. The Morgan fingerprint density at radius 1 is 1.54 bits per heavy atom. The molecule has 1 saturated heterocycles. The molecule has 1 spiro atoms. The molecule has 13 heavy (non-hydrogen) atoms. The van der Waals surface area contributed by atoms with E-state index in [1.54, 1.807) is 0 Å². The van der Waals surface area contributed by atoms with Crippen molar-refractivity contribution in [1.29, 1.82) is 0 Å². The van der Waals surface area contributed by atoms with E-state index >= 15 is 0 Å². The molecule has 1 heterocycles. The van der Waals surface area contributed by atoms with E-state index in [1.807, 2.05) is 0 Å². The third-order valence-corrected chi connectivity index (χ3v) is 3.83. The Labute approximate surface area is 79.3 Å². The van der Waals surface area contributed by atoms with Gasteiger partial charge < -0.3 is 10.6 Å². The summed E-state index contributed by atoms with van der Waals surface area (Å²) in [6.45, 7) is 5.63. The van der Waals surface area contributed by atoms with Gasteiger partial charge in [-0.1, -0.05) is 6.92 Å². The van der Waals surface area contributed by atoms with Crippen LogP contribution >= 0.6 is 0 Å². The Kier molecular flexibility index (Phi) is 2.06. The average Bonchev–Trinajstić information content (AvgIpc) is 2.82. The van der Waals surface area contributed by atoms with Crippen LogP contribution in [0.4, 0.5) is 0 Å². The molecule has 2 rings (SSSR count). The molecule has 1 aliphatic heterocycles. The summed E-state index contributed by atoms with van der Waals surface area (Å²) in [4.78, 5) is 13.4. The molecule has 0 aromatic rings. The van der Waals surface area contributed by atoms with Gasteiger partial charge in [0.25, 0.3) is 0 Å². The van der Waals surface area contributed by atoms with E-state index in [4.69, 9.17) is 5.73 Å². The number of nitrogens with zero attached hydrogens (tertiary/aromatic N) is 1. The van der Waals surface area contributed by atoms with Crippen molar-refractivity contribution in [3.8, 4) is 0 Å². The minimum atomic E-state index is -0.0788. The number of nitrogens with two attached hydrogens (primary N) is 1. The van der Waals surface area contributed by atoms with Crippen LogP contribution in [-0.4, -0.2) is 30.4 Å². The van der Waals surface area contributed by atoms with Gasteiger partial charge in [-0.25, -0.2) is 0 Å². The number of hydrogen-bond acceptors (Lipinski definition) is 2. The van der Waals surface area contributed by atoms with Crippen molar-refractivity contribution in [1.82, 2.24) is 4.90 Å². The maximum atomic E-state index is 11.0. The lowest BCUT2D eigenvalue weighted by atomic mass is 9.91. The lowest BCUT2D eigenvalue weighted by Crippen LogP contribution is -2.36. The largest absolute Gasteiger partial charge is 0.369 e. The van der Waals surface area contributed by atoms with Gasteiger partial charge in [-0.15, -0.1) is 0 Å². The SMILES string of the molecule is CCN1CCC2(CC1)CC2C(N)=O. The average molecular weight is 182 g/mol. The smallest absolute Gasteiger partial charge is 0.221 e. The summed E-state index contributed by atoms with van der Waals surface area (Å²) in [6, 6.07) is 0. The maximum absolute atomic E-state index is 11.0. The van der Waals surface area contributed by atoms with Crippen LogP contribution in [0.15, 0.2) is 0 Å². The third kappa shape index (κ3) is 1.46. The number of likely N-dealkylation sites (tertiary alicyclic amines) is 1. The minimum absolute atomic E-state index is 0.0788. The van der Waals surface area contributed by atoms with Crippen LogP contribution in [0.2, 0.25) is 0 Å². The minimum Gasteiger partial charge on any atom is -0.369 e. The highest BCUT2D eigenvalue weighted by molar-refractivity contribution is 5.80. The molecule has 1 saturated carbocycles. The lowest BCUT2D eigenvalue weighted by Gasteiger charge is -2.31. The topological polar surface area (TPSA) is 46.3 Å². The van der Waals surface area contributed by atoms with Crippen molar-refractivity contribution in [2.75, 3.05) is 19.6 Å². The zero-order chi connectivity index (χ0) is 9.47.